The van der Waals surface area contributed by atoms with Gasteiger partial charge in [0.05, 0.1) is 18.1 Å². The molecule has 68 valence electrons. The molecule has 1 saturated heterocycles. The van der Waals surface area contributed by atoms with E-state index in [9.17, 15) is 4.79 Å². The van der Waals surface area contributed by atoms with Crippen molar-refractivity contribution in [3.05, 3.63) is 24.3 Å². The van der Waals surface area contributed by atoms with Gasteiger partial charge in [-0.2, -0.15) is 0 Å². The zero-order valence-electron chi connectivity index (χ0n) is 6.88. The summed E-state index contributed by atoms with van der Waals surface area (Å²) in [5.74, 6) is -0.429. The Labute approximate surface area is 75.2 Å². The first kappa shape index (κ1) is 8.04. The van der Waals surface area contributed by atoms with Crippen molar-refractivity contribution < 1.29 is 14.7 Å². The molecule has 0 spiro atoms. The van der Waals surface area contributed by atoms with Crippen LogP contribution in [0.15, 0.2) is 29.5 Å². The molecule has 0 aromatic heterocycles. The minimum Gasteiger partial charge on any atom is -0.457 e. The average molecular weight is 179 g/mol. The summed E-state index contributed by atoms with van der Waals surface area (Å²) in [6.07, 6.45) is 7.10. The second-order valence-electron chi connectivity index (χ2n) is 3.02. The number of fused-ring (bicyclic) bond motifs is 1. The second kappa shape index (κ2) is 3.05. The molecule has 0 aromatic carbocycles. The fraction of sp³-hybridized carbons (Fsp3) is 0.333. The maximum Gasteiger partial charge on any atom is 0.312 e. The summed E-state index contributed by atoms with van der Waals surface area (Å²) in [6, 6.07) is 0. The van der Waals surface area contributed by atoms with Gasteiger partial charge in [-0.1, -0.05) is 23.4 Å². The molecule has 0 radical (unpaired) electrons. The van der Waals surface area contributed by atoms with Crippen LogP contribution >= 0.6 is 0 Å². The fourth-order valence-corrected chi connectivity index (χ4v) is 1.56. The van der Waals surface area contributed by atoms with Crippen LogP contribution in [-0.4, -0.2) is 23.0 Å². The Kier molecular flexibility index (Phi) is 1.88. The van der Waals surface area contributed by atoms with E-state index in [1.54, 1.807) is 6.08 Å². The van der Waals surface area contributed by atoms with E-state index in [2.05, 4.69) is 5.16 Å². The van der Waals surface area contributed by atoms with Crippen LogP contribution < -0.4 is 0 Å². The Bertz CT molecular complexity index is 317. The Morgan fingerprint density at radius 1 is 1.46 bits per heavy atom. The third kappa shape index (κ3) is 1.35. The number of nitrogens with zero attached hydrogens (tertiary/aromatic N) is 1. The first-order chi connectivity index (χ1) is 6.31. The highest BCUT2D eigenvalue weighted by Gasteiger charge is 2.33. The van der Waals surface area contributed by atoms with Crippen LogP contribution in [0.2, 0.25) is 0 Å². The summed E-state index contributed by atoms with van der Waals surface area (Å²) >= 11 is 0. The van der Waals surface area contributed by atoms with E-state index in [1.807, 2.05) is 18.2 Å². The third-order valence-corrected chi connectivity index (χ3v) is 2.19. The maximum absolute atomic E-state index is 11.0. The van der Waals surface area contributed by atoms with E-state index in [0.717, 1.165) is 0 Å². The lowest BCUT2D eigenvalue weighted by Crippen LogP contribution is -2.38. The summed E-state index contributed by atoms with van der Waals surface area (Å²) in [6.45, 7) is 0. The fourth-order valence-electron chi connectivity index (χ4n) is 1.56. The van der Waals surface area contributed by atoms with Crippen LogP contribution in [0.3, 0.4) is 0 Å². The standard InChI is InChI=1S/C9H9NO3/c11-9-5-7(10-12)6-3-1-2-4-8(6)13-9/h1-4,6,8,12H,5H2/b10-7+. The number of esters is 1. The van der Waals surface area contributed by atoms with E-state index in [0.29, 0.717) is 5.71 Å². The SMILES string of the molecule is O=C1C/C(=N\O)C2C=CC=CC2O1. The van der Waals surface area contributed by atoms with Crippen LogP contribution in [0.4, 0.5) is 0 Å². The molecule has 4 heteroatoms. The number of hydrogen-bond acceptors (Lipinski definition) is 4. The molecule has 13 heavy (non-hydrogen) atoms. The molecule has 0 saturated carbocycles. The molecule has 2 unspecified atom stereocenters. The molecule has 2 aliphatic rings. The Balaban J connectivity index is 2.28. The van der Waals surface area contributed by atoms with Gasteiger partial charge in [-0.15, -0.1) is 0 Å². The molecule has 2 atom stereocenters. The summed E-state index contributed by atoms with van der Waals surface area (Å²) in [5.41, 5.74) is 0.474. The largest absolute Gasteiger partial charge is 0.457 e. The van der Waals surface area contributed by atoms with Crippen LogP contribution in [-0.2, 0) is 9.53 Å². The van der Waals surface area contributed by atoms with Crippen LogP contribution in [0.25, 0.3) is 0 Å². The van der Waals surface area contributed by atoms with Crippen molar-refractivity contribution in [2.24, 2.45) is 11.1 Å². The highest BCUT2D eigenvalue weighted by atomic mass is 16.5. The van der Waals surface area contributed by atoms with Crippen molar-refractivity contribution >= 4 is 11.7 Å². The molecule has 0 amide bonds. The molecular formula is C9H9NO3. The molecule has 1 aliphatic carbocycles. The monoisotopic (exact) mass is 179 g/mol. The van der Waals surface area contributed by atoms with Gasteiger partial charge in [-0.3, -0.25) is 4.79 Å². The lowest BCUT2D eigenvalue weighted by molar-refractivity contribution is -0.148. The Morgan fingerprint density at radius 3 is 3.00 bits per heavy atom. The highest BCUT2D eigenvalue weighted by molar-refractivity contribution is 6.03. The minimum atomic E-state index is -0.339. The first-order valence-corrected chi connectivity index (χ1v) is 4.06. The van der Waals surface area contributed by atoms with Crippen molar-refractivity contribution in [3.8, 4) is 0 Å². The summed E-state index contributed by atoms with van der Waals surface area (Å²) in [7, 11) is 0. The van der Waals surface area contributed by atoms with Crippen molar-refractivity contribution in [3.63, 3.8) is 0 Å². The predicted octanol–water partition coefficient (Wildman–Crippen LogP) is 0.874. The van der Waals surface area contributed by atoms with Gasteiger partial charge >= 0.3 is 5.97 Å². The third-order valence-electron chi connectivity index (χ3n) is 2.19. The smallest absolute Gasteiger partial charge is 0.312 e. The number of carbonyl (C=O) groups excluding carboxylic acids is 1. The predicted molar refractivity (Wildman–Crippen MR) is 45.5 cm³/mol. The zero-order valence-corrected chi connectivity index (χ0v) is 6.88. The number of hydrogen-bond donors (Lipinski definition) is 1. The number of rotatable bonds is 0. The number of ether oxygens (including phenoxy) is 1. The lowest BCUT2D eigenvalue weighted by Gasteiger charge is -2.28. The topological polar surface area (TPSA) is 58.9 Å². The molecule has 2 rings (SSSR count). The normalized spacial score (nSPS) is 34.5. The quantitative estimate of drug-likeness (QED) is 0.341. The maximum atomic E-state index is 11.0. The van der Waals surface area contributed by atoms with Gasteiger partial charge in [-0.05, 0) is 6.08 Å². The van der Waals surface area contributed by atoms with Crippen molar-refractivity contribution in [2.45, 2.75) is 12.5 Å². The van der Waals surface area contributed by atoms with Crippen molar-refractivity contribution in [1.82, 2.24) is 0 Å². The van der Waals surface area contributed by atoms with Gasteiger partial charge in [0.25, 0.3) is 0 Å². The molecule has 1 N–H and O–H groups in total. The van der Waals surface area contributed by atoms with Gasteiger partial charge in [0, 0.05) is 0 Å². The molecule has 1 fully saturated rings. The van der Waals surface area contributed by atoms with Crippen LogP contribution in [0.5, 0.6) is 0 Å². The van der Waals surface area contributed by atoms with Gasteiger partial charge in [-0.25, -0.2) is 0 Å². The molecule has 1 aliphatic heterocycles. The Morgan fingerprint density at radius 2 is 2.23 bits per heavy atom. The van der Waals surface area contributed by atoms with E-state index >= 15 is 0 Å². The van der Waals surface area contributed by atoms with Crippen LogP contribution in [0, 0.1) is 5.92 Å². The molecule has 1 heterocycles. The van der Waals surface area contributed by atoms with Crippen molar-refractivity contribution in [2.75, 3.05) is 0 Å². The minimum absolute atomic E-state index is 0.0792. The number of allylic oxidation sites excluding steroid dienone is 2. The van der Waals surface area contributed by atoms with Gasteiger partial charge in [0.15, 0.2) is 0 Å². The molecule has 0 bridgehead atoms. The second-order valence-corrected chi connectivity index (χ2v) is 3.02. The number of carbonyl (C=O) groups is 1. The molecule has 4 nitrogen and oxygen atoms in total. The van der Waals surface area contributed by atoms with E-state index in [4.69, 9.17) is 9.94 Å². The summed E-state index contributed by atoms with van der Waals surface area (Å²) in [4.78, 5) is 11.0. The van der Waals surface area contributed by atoms with E-state index < -0.39 is 0 Å². The summed E-state index contributed by atoms with van der Waals surface area (Å²) in [5, 5.41) is 11.8. The zero-order chi connectivity index (χ0) is 9.26. The Hall–Kier alpha value is -1.58. The molecular weight excluding hydrogens is 170 g/mol. The van der Waals surface area contributed by atoms with Gasteiger partial charge in [0.1, 0.15) is 6.10 Å². The van der Waals surface area contributed by atoms with Gasteiger partial charge < -0.3 is 9.94 Å². The number of oxime groups is 1. The van der Waals surface area contributed by atoms with Gasteiger partial charge in [0.2, 0.25) is 0 Å². The highest BCUT2D eigenvalue weighted by Crippen LogP contribution is 2.24. The van der Waals surface area contributed by atoms with Crippen LogP contribution in [0.1, 0.15) is 6.42 Å². The van der Waals surface area contributed by atoms with Crippen molar-refractivity contribution in [1.29, 1.82) is 0 Å². The lowest BCUT2D eigenvalue weighted by atomic mass is 9.89. The molecule has 0 aromatic rings. The average Bonchev–Trinajstić information content (AvgIpc) is 2.16. The van der Waals surface area contributed by atoms with E-state index in [1.165, 1.54) is 0 Å². The first-order valence-electron chi connectivity index (χ1n) is 4.06. The summed E-state index contributed by atoms with van der Waals surface area (Å²) < 4.78 is 5.05. The van der Waals surface area contributed by atoms with E-state index in [-0.39, 0.29) is 24.4 Å².